The maximum absolute atomic E-state index is 13.8. The van der Waals surface area contributed by atoms with Crippen molar-refractivity contribution in [3.05, 3.63) is 53.5 Å². The zero-order valence-corrected chi connectivity index (χ0v) is 18.8. The van der Waals surface area contributed by atoms with Gasteiger partial charge in [-0.15, -0.1) is 0 Å². The van der Waals surface area contributed by atoms with Crippen LogP contribution in [0.4, 0.5) is 19.4 Å². The first kappa shape index (κ1) is 23.8. The van der Waals surface area contributed by atoms with Gasteiger partial charge in [-0.1, -0.05) is 0 Å². The average Bonchev–Trinajstić information content (AvgIpc) is 2.74. The standard InChI is InChI=1S/C23H31F2N5O2/c1-23(2,3)32-22(31)30-8-6-16(7-9-30)12-26-14-19-11-21(29-15-28-19)27-13-17-10-18(24)4-5-20(17)25/h4-5,10-11,15-16,26H,6-9,12-14H2,1-3H3,(H,27,28,29). The Hall–Kier alpha value is -2.81. The topological polar surface area (TPSA) is 79.4 Å². The lowest BCUT2D eigenvalue weighted by Crippen LogP contribution is -2.43. The van der Waals surface area contributed by atoms with E-state index in [0.717, 1.165) is 37.2 Å². The molecule has 0 saturated carbocycles. The van der Waals surface area contributed by atoms with Gasteiger partial charge in [0.05, 0.1) is 5.69 Å². The predicted octanol–water partition coefficient (Wildman–Crippen LogP) is 4.10. The third-order valence-electron chi connectivity index (χ3n) is 5.20. The fourth-order valence-corrected chi connectivity index (χ4v) is 3.51. The van der Waals surface area contributed by atoms with Crippen molar-refractivity contribution < 1.29 is 18.3 Å². The molecule has 2 heterocycles. The number of halogens is 2. The number of piperidine rings is 1. The molecular formula is C23H31F2N5O2. The van der Waals surface area contributed by atoms with E-state index in [9.17, 15) is 13.6 Å². The Morgan fingerprint density at radius 2 is 1.91 bits per heavy atom. The quantitative estimate of drug-likeness (QED) is 0.665. The smallest absolute Gasteiger partial charge is 0.410 e. The number of nitrogens with one attached hydrogen (secondary N) is 2. The summed E-state index contributed by atoms with van der Waals surface area (Å²) in [5.41, 5.74) is 0.557. The molecule has 1 fully saturated rings. The summed E-state index contributed by atoms with van der Waals surface area (Å²) in [7, 11) is 0. The van der Waals surface area contributed by atoms with Gasteiger partial charge in [0.15, 0.2) is 0 Å². The van der Waals surface area contributed by atoms with Crippen LogP contribution >= 0.6 is 0 Å². The van der Waals surface area contributed by atoms with Gasteiger partial charge in [-0.05, 0) is 64.3 Å². The molecule has 0 atom stereocenters. The first-order valence-electron chi connectivity index (χ1n) is 10.9. The normalized spacial score (nSPS) is 15.0. The molecule has 32 heavy (non-hydrogen) atoms. The predicted molar refractivity (Wildman–Crippen MR) is 118 cm³/mol. The molecule has 0 unspecified atom stereocenters. The maximum atomic E-state index is 13.8. The summed E-state index contributed by atoms with van der Waals surface area (Å²) in [6, 6.07) is 5.16. The summed E-state index contributed by atoms with van der Waals surface area (Å²) < 4.78 is 32.5. The summed E-state index contributed by atoms with van der Waals surface area (Å²) in [5, 5.41) is 6.41. The van der Waals surface area contributed by atoms with E-state index in [1.807, 2.05) is 20.8 Å². The lowest BCUT2D eigenvalue weighted by molar-refractivity contribution is 0.0184. The summed E-state index contributed by atoms with van der Waals surface area (Å²) in [5.74, 6) is 0.0791. The van der Waals surface area contributed by atoms with E-state index in [1.165, 1.54) is 12.4 Å². The summed E-state index contributed by atoms with van der Waals surface area (Å²) in [4.78, 5) is 22.3. The van der Waals surface area contributed by atoms with Gasteiger partial charge in [-0.2, -0.15) is 0 Å². The minimum Gasteiger partial charge on any atom is -0.444 e. The molecule has 7 nitrogen and oxygen atoms in total. The molecule has 2 aromatic rings. The van der Waals surface area contributed by atoms with Crippen LogP contribution in [0, 0.1) is 17.6 Å². The fraction of sp³-hybridized carbons (Fsp3) is 0.522. The Balaban J connectivity index is 1.40. The number of carbonyl (C=O) groups excluding carboxylic acids is 1. The summed E-state index contributed by atoms with van der Waals surface area (Å²) >= 11 is 0. The first-order valence-corrected chi connectivity index (χ1v) is 10.9. The van der Waals surface area contributed by atoms with E-state index in [1.54, 1.807) is 11.0 Å². The number of carbonyl (C=O) groups is 1. The second-order valence-electron chi connectivity index (χ2n) is 9.03. The molecule has 174 valence electrons. The number of aromatic nitrogens is 2. The van der Waals surface area contributed by atoms with Gasteiger partial charge in [0, 0.05) is 37.8 Å². The summed E-state index contributed by atoms with van der Waals surface area (Å²) in [6.07, 6.45) is 3.04. The number of amides is 1. The van der Waals surface area contributed by atoms with Gasteiger partial charge in [0.25, 0.3) is 0 Å². The van der Waals surface area contributed by atoms with E-state index < -0.39 is 17.2 Å². The van der Waals surface area contributed by atoms with Crippen LogP contribution in [0.25, 0.3) is 0 Å². The zero-order chi connectivity index (χ0) is 23.1. The molecule has 1 aromatic heterocycles. The van der Waals surface area contributed by atoms with E-state index in [0.29, 0.717) is 31.4 Å². The number of nitrogens with zero attached hydrogens (tertiary/aromatic N) is 3. The van der Waals surface area contributed by atoms with Gasteiger partial charge < -0.3 is 20.3 Å². The van der Waals surface area contributed by atoms with Gasteiger partial charge in [0.1, 0.15) is 29.4 Å². The Kier molecular flexibility index (Phi) is 7.95. The Labute approximate surface area is 187 Å². The molecule has 1 aliphatic heterocycles. The number of benzene rings is 1. The maximum Gasteiger partial charge on any atom is 0.410 e. The van der Waals surface area contributed by atoms with Crippen molar-refractivity contribution in [3.8, 4) is 0 Å². The van der Waals surface area contributed by atoms with Crippen molar-refractivity contribution >= 4 is 11.9 Å². The summed E-state index contributed by atoms with van der Waals surface area (Å²) in [6.45, 7) is 8.52. The highest BCUT2D eigenvalue weighted by molar-refractivity contribution is 5.68. The second-order valence-corrected chi connectivity index (χ2v) is 9.03. The van der Waals surface area contributed by atoms with Crippen LogP contribution in [0.1, 0.15) is 44.9 Å². The molecule has 1 amide bonds. The SMILES string of the molecule is CC(C)(C)OC(=O)N1CCC(CNCc2cc(NCc3cc(F)ccc3F)ncn2)CC1. The van der Waals surface area contributed by atoms with Crippen molar-refractivity contribution in [1.29, 1.82) is 0 Å². The number of likely N-dealkylation sites (tertiary alicyclic amines) is 1. The highest BCUT2D eigenvalue weighted by Gasteiger charge is 2.26. The molecule has 3 rings (SSSR count). The Morgan fingerprint density at radius 1 is 1.16 bits per heavy atom. The van der Waals surface area contributed by atoms with Crippen LogP contribution in [0.15, 0.2) is 30.6 Å². The van der Waals surface area contributed by atoms with Crippen LogP contribution in [-0.4, -0.2) is 46.2 Å². The van der Waals surface area contributed by atoms with E-state index in [2.05, 4.69) is 20.6 Å². The third-order valence-corrected chi connectivity index (χ3v) is 5.20. The molecule has 1 aliphatic rings. The number of hydrogen-bond acceptors (Lipinski definition) is 6. The molecule has 1 aromatic carbocycles. The number of rotatable bonds is 7. The van der Waals surface area contributed by atoms with Crippen LogP contribution in [0.5, 0.6) is 0 Å². The van der Waals surface area contributed by atoms with Crippen LogP contribution in [0.2, 0.25) is 0 Å². The van der Waals surface area contributed by atoms with Gasteiger partial charge in [-0.25, -0.2) is 23.5 Å². The van der Waals surface area contributed by atoms with Crippen LogP contribution in [-0.2, 0) is 17.8 Å². The number of ether oxygens (including phenoxy) is 1. The van der Waals surface area contributed by atoms with Crippen LogP contribution < -0.4 is 10.6 Å². The van der Waals surface area contributed by atoms with Crippen molar-refractivity contribution in [2.45, 2.75) is 52.3 Å². The monoisotopic (exact) mass is 447 g/mol. The van der Waals surface area contributed by atoms with E-state index in [4.69, 9.17) is 4.74 Å². The van der Waals surface area contributed by atoms with Gasteiger partial charge in [0.2, 0.25) is 0 Å². The van der Waals surface area contributed by atoms with Crippen molar-refractivity contribution in [2.75, 3.05) is 25.0 Å². The van der Waals surface area contributed by atoms with Crippen molar-refractivity contribution in [1.82, 2.24) is 20.2 Å². The molecular weight excluding hydrogens is 416 g/mol. The molecule has 2 N–H and O–H groups in total. The van der Waals surface area contributed by atoms with Crippen LogP contribution in [0.3, 0.4) is 0 Å². The molecule has 1 saturated heterocycles. The van der Waals surface area contributed by atoms with Crippen molar-refractivity contribution in [3.63, 3.8) is 0 Å². The molecule has 0 bridgehead atoms. The highest BCUT2D eigenvalue weighted by atomic mass is 19.1. The molecule has 0 spiro atoms. The molecule has 0 radical (unpaired) electrons. The van der Waals surface area contributed by atoms with Gasteiger partial charge >= 0.3 is 6.09 Å². The van der Waals surface area contributed by atoms with Gasteiger partial charge in [-0.3, -0.25) is 0 Å². The third kappa shape index (κ3) is 7.40. The lowest BCUT2D eigenvalue weighted by atomic mass is 9.97. The lowest BCUT2D eigenvalue weighted by Gasteiger charge is -2.33. The first-order chi connectivity index (χ1) is 15.2. The van der Waals surface area contributed by atoms with Crippen molar-refractivity contribution in [2.24, 2.45) is 5.92 Å². The fourth-order valence-electron chi connectivity index (χ4n) is 3.51. The average molecular weight is 448 g/mol. The largest absolute Gasteiger partial charge is 0.444 e. The van der Waals surface area contributed by atoms with E-state index in [-0.39, 0.29) is 18.2 Å². The highest BCUT2D eigenvalue weighted by Crippen LogP contribution is 2.19. The molecule has 9 heteroatoms. The zero-order valence-electron chi connectivity index (χ0n) is 18.8. The second kappa shape index (κ2) is 10.7. The van der Waals surface area contributed by atoms with E-state index >= 15 is 0 Å². The number of anilines is 1. The molecule has 0 aliphatic carbocycles. The minimum atomic E-state index is -0.480. The Morgan fingerprint density at radius 3 is 2.62 bits per heavy atom. The Bertz CT molecular complexity index is 912. The minimum absolute atomic E-state index is 0.129. The number of hydrogen-bond donors (Lipinski definition) is 2.